The summed E-state index contributed by atoms with van der Waals surface area (Å²) in [6.07, 6.45) is 1.39. The van der Waals surface area contributed by atoms with E-state index in [2.05, 4.69) is 65.2 Å². The summed E-state index contributed by atoms with van der Waals surface area (Å²) in [4.78, 5) is 2.37. The van der Waals surface area contributed by atoms with E-state index in [-0.39, 0.29) is 0 Å². The second-order valence-corrected chi connectivity index (χ2v) is 6.26. The summed E-state index contributed by atoms with van der Waals surface area (Å²) >= 11 is 3.67. The van der Waals surface area contributed by atoms with Crippen LogP contribution >= 0.6 is 15.9 Å². The summed E-state index contributed by atoms with van der Waals surface area (Å²) in [6.45, 7) is 7.59. The predicted octanol–water partition coefficient (Wildman–Crippen LogP) is 3.65. The van der Waals surface area contributed by atoms with E-state index in [4.69, 9.17) is 0 Å². The van der Waals surface area contributed by atoms with Gasteiger partial charge in [0.15, 0.2) is 0 Å². The number of hydrogen-bond donors (Lipinski definition) is 1. The number of hydrogen-bond acceptors (Lipinski definition) is 2. The second kappa shape index (κ2) is 6.07. The standard InChI is InChI=1S/C15H23BrN2/c1-4-17-9-12-5-6-14(8-15(12)16)18(3)10-13-7-11(13)2/h5-6,8,11,13,17H,4,7,9-10H2,1-3H3. The van der Waals surface area contributed by atoms with Gasteiger partial charge >= 0.3 is 0 Å². The van der Waals surface area contributed by atoms with Crippen molar-refractivity contribution >= 4 is 21.6 Å². The zero-order valence-corrected chi connectivity index (χ0v) is 13.1. The summed E-state index contributed by atoms with van der Waals surface area (Å²) in [5.41, 5.74) is 2.63. The fourth-order valence-corrected chi connectivity index (χ4v) is 2.79. The van der Waals surface area contributed by atoms with Crippen LogP contribution in [0, 0.1) is 11.8 Å². The van der Waals surface area contributed by atoms with Gasteiger partial charge < -0.3 is 10.2 Å². The van der Waals surface area contributed by atoms with Gasteiger partial charge in [0, 0.05) is 30.3 Å². The van der Waals surface area contributed by atoms with E-state index < -0.39 is 0 Å². The molecule has 1 saturated carbocycles. The van der Waals surface area contributed by atoms with E-state index >= 15 is 0 Å². The molecule has 1 fully saturated rings. The molecule has 0 spiro atoms. The molecule has 0 bridgehead atoms. The topological polar surface area (TPSA) is 15.3 Å². The summed E-state index contributed by atoms with van der Waals surface area (Å²) in [5, 5.41) is 3.36. The molecule has 18 heavy (non-hydrogen) atoms. The van der Waals surface area contributed by atoms with Crippen LogP contribution in [0.15, 0.2) is 22.7 Å². The molecule has 2 rings (SSSR count). The number of rotatable bonds is 6. The lowest BCUT2D eigenvalue weighted by Gasteiger charge is -2.20. The van der Waals surface area contributed by atoms with Crippen molar-refractivity contribution in [1.29, 1.82) is 0 Å². The molecule has 1 aliphatic rings. The van der Waals surface area contributed by atoms with Crippen molar-refractivity contribution in [2.45, 2.75) is 26.8 Å². The molecule has 3 heteroatoms. The monoisotopic (exact) mass is 310 g/mol. The van der Waals surface area contributed by atoms with E-state index in [0.29, 0.717) is 0 Å². The largest absolute Gasteiger partial charge is 0.374 e. The van der Waals surface area contributed by atoms with E-state index in [1.165, 1.54) is 28.7 Å². The van der Waals surface area contributed by atoms with E-state index in [1.54, 1.807) is 0 Å². The Morgan fingerprint density at radius 1 is 1.44 bits per heavy atom. The summed E-state index contributed by atoms with van der Waals surface area (Å²) in [5.74, 6) is 1.82. The lowest BCUT2D eigenvalue weighted by atomic mass is 10.2. The lowest BCUT2D eigenvalue weighted by Crippen LogP contribution is -2.20. The van der Waals surface area contributed by atoms with Gasteiger partial charge in [-0.25, -0.2) is 0 Å². The quantitative estimate of drug-likeness (QED) is 0.863. The molecule has 1 aliphatic carbocycles. The van der Waals surface area contributed by atoms with Crippen molar-refractivity contribution in [1.82, 2.24) is 5.32 Å². The third-order valence-corrected chi connectivity index (χ3v) is 4.57. The summed E-state index contributed by atoms with van der Waals surface area (Å²) < 4.78 is 1.21. The van der Waals surface area contributed by atoms with E-state index in [0.717, 1.165) is 24.9 Å². The second-order valence-electron chi connectivity index (χ2n) is 5.41. The maximum atomic E-state index is 3.67. The van der Waals surface area contributed by atoms with Gasteiger partial charge in [0.2, 0.25) is 0 Å². The van der Waals surface area contributed by atoms with Gasteiger partial charge in [-0.15, -0.1) is 0 Å². The van der Waals surface area contributed by atoms with Crippen LogP contribution in [-0.4, -0.2) is 20.1 Å². The lowest BCUT2D eigenvalue weighted by molar-refractivity contribution is 0.719. The Labute approximate surface area is 119 Å². The highest BCUT2D eigenvalue weighted by Gasteiger charge is 2.33. The van der Waals surface area contributed by atoms with Gasteiger partial charge in [0.25, 0.3) is 0 Å². The zero-order chi connectivity index (χ0) is 13.1. The molecule has 0 aliphatic heterocycles. The molecule has 2 nitrogen and oxygen atoms in total. The third-order valence-electron chi connectivity index (χ3n) is 3.83. The van der Waals surface area contributed by atoms with Crippen molar-refractivity contribution in [3.05, 3.63) is 28.2 Å². The van der Waals surface area contributed by atoms with Crippen molar-refractivity contribution in [3.8, 4) is 0 Å². The Hall–Kier alpha value is -0.540. The Balaban J connectivity index is 1.98. The minimum atomic E-state index is 0.898. The first-order valence-corrected chi connectivity index (χ1v) is 7.61. The summed E-state index contributed by atoms with van der Waals surface area (Å²) in [6, 6.07) is 6.68. The minimum absolute atomic E-state index is 0.898. The molecule has 0 amide bonds. The molecule has 0 saturated heterocycles. The Kier molecular flexibility index (Phi) is 4.68. The molecule has 2 atom stereocenters. The molecular formula is C15H23BrN2. The average Bonchev–Trinajstić information content (AvgIpc) is 3.03. The molecule has 2 unspecified atom stereocenters. The van der Waals surface area contributed by atoms with Gasteiger partial charge in [0.05, 0.1) is 0 Å². The highest BCUT2D eigenvalue weighted by atomic mass is 79.9. The average molecular weight is 311 g/mol. The van der Waals surface area contributed by atoms with Crippen LogP contribution < -0.4 is 10.2 Å². The van der Waals surface area contributed by atoms with Crippen LogP contribution in [0.4, 0.5) is 5.69 Å². The minimum Gasteiger partial charge on any atom is -0.374 e. The number of halogens is 1. The number of benzene rings is 1. The number of nitrogens with zero attached hydrogens (tertiary/aromatic N) is 1. The number of nitrogens with one attached hydrogen (secondary N) is 1. The Morgan fingerprint density at radius 3 is 2.72 bits per heavy atom. The molecule has 0 heterocycles. The highest BCUT2D eigenvalue weighted by Crippen LogP contribution is 2.38. The molecule has 0 aromatic heterocycles. The SMILES string of the molecule is CCNCc1ccc(N(C)CC2CC2C)cc1Br. The summed E-state index contributed by atoms with van der Waals surface area (Å²) in [7, 11) is 2.19. The smallest absolute Gasteiger partial charge is 0.0375 e. The van der Waals surface area contributed by atoms with Gasteiger partial charge in [-0.2, -0.15) is 0 Å². The Morgan fingerprint density at radius 2 is 2.17 bits per heavy atom. The van der Waals surface area contributed by atoms with Crippen LogP contribution in [-0.2, 0) is 6.54 Å². The van der Waals surface area contributed by atoms with Crippen LogP contribution in [0.5, 0.6) is 0 Å². The van der Waals surface area contributed by atoms with Crippen molar-refractivity contribution < 1.29 is 0 Å². The third kappa shape index (κ3) is 3.48. The molecule has 100 valence electrons. The molecule has 0 radical (unpaired) electrons. The number of anilines is 1. The maximum absolute atomic E-state index is 3.67. The first kappa shape index (κ1) is 13.9. The normalized spacial score (nSPS) is 22.0. The van der Waals surface area contributed by atoms with Crippen molar-refractivity contribution in [3.63, 3.8) is 0 Å². The fraction of sp³-hybridized carbons (Fsp3) is 0.600. The first-order valence-electron chi connectivity index (χ1n) is 6.82. The molecule has 1 aromatic rings. The van der Waals surface area contributed by atoms with Crippen LogP contribution in [0.25, 0.3) is 0 Å². The van der Waals surface area contributed by atoms with Crippen molar-refractivity contribution in [2.75, 3.05) is 25.0 Å². The van der Waals surface area contributed by atoms with E-state index in [1.807, 2.05) is 0 Å². The highest BCUT2D eigenvalue weighted by molar-refractivity contribution is 9.10. The van der Waals surface area contributed by atoms with Crippen LogP contribution in [0.2, 0.25) is 0 Å². The van der Waals surface area contributed by atoms with Gasteiger partial charge in [-0.3, -0.25) is 0 Å². The molecule has 1 aromatic carbocycles. The predicted molar refractivity (Wildman–Crippen MR) is 82.1 cm³/mol. The molecular weight excluding hydrogens is 288 g/mol. The maximum Gasteiger partial charge on any atom is 0.0375 e. The van der Waals surface area contributed by atoms with E-state index in [9.17, 15) is 0 Å². The van der Waals surface area contributed by atoms with Gasteiger partial charge in [0.1, 0.15) is 0 Å². The van der Waals surface area contributed by atoms with Crippen LogP contribution in [0.3, 0.4) is 0 Å². The zero-order valence-electron chi connectivity index (χ0n) is 11.5. The van der Waals surface area contributed by atoms with Gasteiger partial charge in [-0.05, 0) is 42.5 Å². The molecule has 1 N–H and O–H groups in total. The first-order chi connectivity index (χ1) is 8.61. The Bertz CT molecular complexity index is 405. The van der Waals surface area contributed by atoms with Crippen LogP contribution in [0.1, 0.15) is 25.8 Å². The fourth-order valence-electron chi connectivity index (χ4n) is 2.29. The van der Waals surface area contributed by atoms with Crippen molar-refractivity contribution in [2.24, 2.45) is 11.8 Å². The van der Waals surface area contributed by atoms with Gasteiger partial charge in [-0.1, -0.05) is 35.8 Å².